The Labute approximate surface area is 147 Å². The van der Waals surface area contributed by atoms with Crippen molar-refractivity contribution in [3.8, 4) is 5.75 Å². The van der Waals surface area contributed by atoms with E-state index >= 15 is 0 Å². The summed E-state index contributed by atoms with van der Waals surface area (Å²) in [4.78, 5) is 0. The zero-order valence-corrected chi connectivity index (χ0v) is 17.4. The van der Waals surface area contributed by atoms with Crippen LogP contribution in [0.2, 0.25) is 18.1 Å². The molecular weight excluding hydrogens is 322 g/mol. The number of rotatable bonds is 3. The average Bonchev–Trinajstić information content (AvgIpc) is 2.55. The maximum atomic E-state index is 14.2. The van der Waals surface area contributed by atoms with E-state index in [4.69, 9.17) is 13.7 Å². The molecule has 1 aliphatic rings. The molecule has 0 aliphatic carbocycles. The third kappa shape index (κ3) is 3.70. The predicted octanol–water partition coefficient (Wildman–Crippen LogP) is 4.51. The van der Waals surface area contributed by atoms with Crippen molar-refractivity contribution in [2.45, 2.75) is 77.8 Å². The largest absolute Gasteiger partial charge is 0.543 e. The Hall–Kier alpha value is -0.848. The number of hydrogen-bond donors (Lipinski definition) is 0. The Balaban J connectivity index is 2.31. The van der Waals surface area contributed by atoms with Gasteiger partial charge in [-0.2, -0.15) is 0 Å². The second kappa shape index (κ2) is 5.85. The van der Waals surface area contributed by atoms with Crippen molar-refractivity contribution in [3.05, 3.63) is 24.0 Å². The molecule has 0 unspecified atom stereocenters. The summed E-state index contributed by atoms with van der Waals surface area (Å²) in [6.07, 6.45) is 0. The van der Waals surface area contributed by atoms with Gasteiger partial charge in [-0.15, -0.1) is 0 Å². The fourth-order valence-electron chi connectivity index (χ4n) is 2.21. The molecule has 0 saturated carbocycles. The molecule has 0 bridgehead atoms. The van der Waals surface area contributed by atoms with Gasteiger partial charge < -0.3 is 13.7 Å². The van der Waals surface area contributed by atoms with Crippen molar-refractivity contribution in [2.75, 3.05) is 0 Å². The monoisotopic (exact) mass is 352 g/mol. The molecule has 0 spiro atoms. The lowest BCUT2D eigenvalue weighted by atomic mass is 9.79. The van der Waals surface area contributed by atoms with Gasteiger partial charge in [-0.3, -0.25) is 0 Å². The molecule has 0 N–H and O–H groups in total. The van der Waals surface area contributed by atoms with Gasteiger partial charge in [0.05, 0.1) is 11.2 Å². The van der Waals surface area contributed by atoms with E-state index in [1.807, 2.05) is 33.8 Å². The maximum absolute atomic E-state index is 14.2. The van der Waals surface area contributed by atoms with Crippen LogP contribution in [-0.4, -0.2) is 26.6 Å². The van der Waals surface area contributed by atoms with E-state index in [9.17, 15) is 4.39 Å². The van der Waals surface area contributed by atoms with Crippen molar-refractivity contribution >= 4 is 20.9 Å². The standard InChI is InChI=1S/C18H30BFO3Si/c1-16(2,3)24(8,9)21-15-11-13(10-14(20)12-15)19-22-17(4,5)18(6,7)23-19/h10-12H,1-9H3. The molecule has 0 atom stereocenters. The molecule has 1 heterocycles. The van der Waals surface area contributed by atoms with Crippen molar-refractivity contribution in [1.29, 1.82) is 0 Å². The second-order valence-electron chi connectivity index (χ2n) is 9.17. The second-order valence-corrected chi connectivity index (χ2v) is 13.9. The molecule has 1 saturated heterocycles. The SMILES string of the molecule is CC1(C)OB(c2cc(F)cc(O[Si](C)(C)C(C)(C)C)c2)OC1(C)C. The molecule has 134 valence electrons. The van der Waals surface area contributed by atoms with Crippen LogP contribution in [0, 0.1) is 5.82 Å². The molecule has 24 heavy (non-hydrogen) atoms. The van der Waals surface area contributed by atoms with E-state index < -0.39 is 26.6 Å². The molecule has 1 aromatic carbocycles. The fourth-order valence-corrected chi connectivity index (χ4v) is 3.22. The molecule has 1 aromatic rings. The molecule has 1 aliphatic heterocycles. The molecule has 2 rings (SSSR count). The Morgan fingerprint density at radius 1 is 1.00 bits per heavy atom. The normalized spacial score (nSPS) is 20.3. The molecular formula is C18H30BFO3Si. The van der Waals surface area contributed by atoms with Crippen LogP contribution < -0.4 is 9.89 Å². The first kappa shape index (κ1) is 19.5. The molecule has 0 amide bonds. The Morgan fingerprint density at radius 3 is 1.96 bits per heavy atom. The van der Waals surface area contributed by atoms with Crippen LogP contribution in [0.4, 0.5) is 4.39 Å². The van der Waals surface area contributed by atoms with E-state index in [0.29, 0.717) is 11.2 Å². The highest BCUT2D eigenvalue weighted by Crippen LogP contribution is 2.38. The van der Waals surface area contributed by atoms with Gasteiger partial charge >= 0.3 is 7.12 Å². The summed E-state index contributed by atoms with van der Waals surface area (Å²) in [6, 6.07) is 4.74. The lowest BCUT2D eigenvalue weighted by Gasteiger charge is -2.36. The first-order valence-corrected chi connectivity index (χ1v) is 11.4. The van der Waals surface area contributed by atoms with Gasteiger partial charge in [0.15, 0.2) is 0 Å². The zero-order chi connectivity index (χ0) is 18.6. The highest BCUT2D eigenvalue weighted by molar-refractivity contribution is 6.74. The number of hydrogen-bond acceptors (Lipinski definition) is 3. The number of benzene rings is 1. The first-order chi connectivity index (χ1) is 10.6. The van der Waals surface area contributed by atoms with Gasteiger partial charge in [0.2, 0.25) is 8.32 Å². The van der Waals surface area contributed by atoms with Crippen LogP contribution in [0.3, 0.4) is 0 Å². The summed E-state index contributed by atoms with van der Waals surface area (Å²) in [6.45, 7) is 18.7. The third-order valence-electron chi connectivity index (χ3n) is 5.60. The van der Waals surface area contributed by atoms with E-state index in [1.54, 1.807) is 0 Å². The lowest BCUT2D eigenvalue weighted by Crippen LogP contribution is -2.44. The van der Waals surface area contributed by atoms with Gasteiger partial charge in [0, 0.05) is 6.07 Å². The van der Waals surface area contributed by atoms with Gasteiger partial charge in [0.25, 0.3) is 0 Å². The van der Waals surface area contributed by atoms with Crippen molar-refractivity contribution in [3.63, 3.8) is 0 Å². The summed E-state index contributed by atoms with van der Waals surface area (Å²) in [7, 11) is -2.63. The van der Waals surface area contributed by atoms with Gasteiger partial charge in [0.1, 0.15) is 11.6 Å². The number of halogens is 1. The van der Waals surface area contributed by atoms with Gasteiger partial charge in [-0.25, -0.2) is 4.39 Å². The summed E-state index contributed by atoms with van der Waals surface area (Å²) in [5.74, 6) is 0.210. The smallest absolute Gasteiger partial charge is 0.495 e. The first-order valence-electron chi connectivity index (χ1n) is 8.50. The molecule has 0 radical (unpaired) electrons. The fraction of sp³-hybridized carbons (Fsp3) is 0.667. The Morgan fingerprint density at radius 2 is 1.50 bits per heavy atom. The highest BCUT2D eigenvalue weighted by Gasteiger charge is 2.52. The van der Waals surface area contributed by atoms with Crippen LogP contribution in [0.25, 0.3) is 0 Å². The Bertz CT molecular complexity index is 607. The van der Waals surface area contributed by atoms with Crippen LogP contribution in [-0.2, 0) is 9.31 Å². The van der Waals surface area contributed by atoms with E-state index in [-0.39, 0.29) is 10.9 Å². The van der Waals surface area contributed by atoms with Crippen molar-refractivity contribution in [2.24, 2.45) is 0 Å². The molecule has 6 heteroatoms. The van der Waals surface area contributed by atoms with Crippen LogP contribution in [0.1, 0.15) is 48.5 Å². The topological polar surface area (TPSA) is 27.7 Å². The molecule has 0 aromatic heterocycles. The quantitative estimate of drug-likeness (QED) is 0.749. The van der Waals surface area contributed by atoms with Crippen molar-refractivity contribution < 1.29 is 18.1 Å². The maximum Gasteiger partial charge on any atom is 0.495 e. The van der Waals surface area contributed by atoms with Crippen LogP contribution in [0.15, 0.2) is 18.2 Å². The van der Waals surface area contributed by atoms with E-state index in [1.165, 1.54) is 12.1 Å². The molecule has 1 fully saturated rings. The minimum atomic E-state index is -2.04. The summed E-state index contributed by atoms with van der Waals surface area (Å²) in [5.41, 5.74) is -0.253. The molecule has 3 nitrogen and oxygen atoms in total. The van der Waals surface area contributed by atoms with Crippen molar-refractivity contribution in [1.82, 2.24) is 0 Å². The summed E-state index contributed by atoms with van der Waals surface area (Å²) >= 11 is 0. The summed E-state index contributed by atoms with van der Waals surface area (Å²) in [5, 5.41) is 0.0455. The minimum Gasteiger partial charge on any atom is -0.543 e. The predicted molar refractivity (Wildman–Crippen MR) is 99.9 cm³/mol. The van der Waals surface area contributed by atoms with Crippen LogP contribution in [0.5, 0.6) is 5.75 Å². The Kier molecular flexibility index (Phi) is 4.75. The van der Waals surface area contributed by atoms with E-state index in [0.717, 1.165) is 0 Å². The van der Waals surface area contributed by atoms with Gasteiger partial charge in [-0.1, -0.05) is 20.8 Å². The van der Waals surface area contributed by atoms with Gasteiger partial charge in [-0.05, 0) is 63.4 Å². The van der Waals surface area contributed by atoms with Crippen LogP contribution >= 0.6 is 0 Å². The summed E-state index contributed by atoms with van der Waals surface area (Å²) < 4.78 is 32.5. The zero-order valence-electron chi connectivity index (χ0n) is 16.4. The lowest BCUT2D eigenvalue weighted by molar-refractivity contribution is 0.00578. The minimum absolute atomic E-state index is 0.0455. The average molecular weight is 352 g/mol. The van der Waals surface area contributed by atoms with E-state index in [2.05, 4.69) is 33.9 Å². The third-order valence-corrected chi connectivity index (χ3v) is 9.96. The highest BCUT2D eigenvalue weighted by atomic mass is 28.4.